The maximum Gasteiger partial charge on any atom is 0.282 e. The second-order valence-corrected chi connectivity index (χ2v) is 11.5. The Morgan fingerprint density at radius 1 is 1.06 bits per heavy atom. The van der Waals surface area contributed by atoms with E-state index in [1.54, 1.807) is 6.07 Å². The highest BCUT2D eigenvalue weighted by Crippen LogP contribution is 2.51. The molecule has 2 aromatic carbocycles. The first-order valence-electron chi connectivity index (χ1n) is 13.2. The van der Waals surface area contributed by atoms with Crippen molar-refractivity contribution in [3.8, 4) is 5.69 Å². The smallest absolute Gasteiger partial charge is 0.282 e. The minimum absolute atomic E-state index is 0.163. The molecule has 6 heteroatoms. The molecule has 2 fully saturated rings. The number of piperidine rings is 1. The predicted molar refractivity (Wildman–Crippen MR) is 144 cm³/mol. The van der Waals surface area contributed by atoms with Crippen LogP contribution in [-0.2, 0) is 11.8 Å². The summed E-state index contributed by atoms with van der Waals surface area (Å²) in [5.41, 5.74) is 4.49. The zero-order valence-corrected chi connectivity index (χ0v) is 21.8. The van der Waals surface area contributed by atoms with Gasteiger partial charge in [0.2, 0.25) is 0 Å². The van der Waals surface area contributed by atoms with E-state index in [1.807, 2.05) is 12.1 Å². The number of aromatic nitrogens is 2. The summed E-state index contributed by atoms with van der Waals surface area (Å²) in [5.74, 6) is 2.41. The highest BCUT2D eigenvalue weighted by Gasteiger charge is 2.46. The van der Waals surface area contributed by atoms with Crippen molar-refractivity contribution in [1.29, 1.82) is 0 Å². The first kappa shape index (κ1) is 23.5. The Labute approximate surface area is 217 Å². The lowest BCUT2D eigenvalue weighted by Crippen LogP contribution is -2.35. The quantitative estimate of drug-likeness (QED) is 0.369. The fourth-order valence-electron chi connectivity index (χ4n) is 6.88. The van der Waals surface area contributed by atoms with Gasteiger partial charge in [0.05, 0.1) is 27.0 Å². The van der Waals surface area contributed by atoms with Crippen LogP contribution in [0.2, 0.25) is 5.02 Å². The monoisotopic (exact) mass is 509 g/mol. The van der Waals surface area contributed by atoms with Crippen molar-refractivity contribution in [1.82, 2.24) is 14.5 Å². The molecule has 35 heavy (non-hydrogen) atoms. The number of hydrogen-bond donors (Lipinski definition) is 0. The Hall–Kier alpha value is -1.88. The molecule has 0 radical (unpaired) electrons. The van der Waals surface area contributed by atoms with E-state index >= 15 is 0 Å². The normalized spacial score (nSPS) is 19.8. The van der Waals surface area contributed by atoms with Crippen LogP contribution in [0.15, 0.2) is 41.2 Å². The van der Waals surface area contributed by atoms with E-state index in [1.165, 1.54) is 62.0 Å². The molecule has 2 aliphatic heterocycles. The first-order valence-corrected chi connectivity index (χ1v) is 14.2. The Bertz CT molecular complexity index is 1300. The third-order valence-corrected chi connectivity index (χ3v) is 9.24. The Balaban J connectivity index is 1.38. The zero-order valence-electron chi connectivity index (χ0n) is 20.2. The van der Waals surface area contributed by atoms with Crippen molar-refractivity contribution in [3.63, 3.8) is 0 Å². The molecular weight excluding hydrogens is 477 g/mol. The van der Waals surface area contributed by atoms with E-state index in [4.69, 9.17) is 28.2 Å². The van der Waals surface area contributed by atoms with Gasteiger partial charge in [0, 0.05) is 5.88 Å². The van der Waals surface area contributed by atoms with Crippen LogP contribution in [0.4, 0.5) is 0 Å². The Morgan fingerprint density at radius 3 is 2.63 bits per heavy atom. The maximum absolute atomic E-state index is 13.1. The third kappa shape index (κ3) is 4.02. The number of halogens is 2. The van der Waals surface area contributed by atoms with E-state index in [0.717, 1.165) is 55.4 Å². The van der Waals surface area contributed by atoms with Crippen molar-refractivity contribution in [2.24, 2.45) is 5.92 Å². The van der Waals surface area contributed by atoms with Crippen molar-refractivity contribution in [2.45, 2.75) is 63.2 Å². The molecule has 6 rings (SSSR count). The van der Waals surface area contributed by atoms with Crippen molar-refractivity contribution in [2.75, 3.05) is 25.5 Å². The molecule has 1 saturated carbocycles. The number of nitrogens with zero attached hydrogens (tertiary/aromatic N) is 3. The average molecular weight is 511 g/mol. The van der Waals surface area contributed by atoms with Gasteiger partial charge in [0.25, 0.3) is 5.56 Å². The second kappa shape index (κ2) is 9.53. The number of likely N-dealkylation sites (tertiary alicyclic amines) is 1. The van der Waals surface area contributed by atoms with E-state index in [2.05, 4.69) is 27.7 Å². The third-order valence-electron chi connectivity index (χ3n) is 8.66. The summed E-state index contributed by atoms with van der Waals surface area (Å²) >= 11 is 12.4. The minimum atomic E-state index is -0.198. The zero-order chi connectivity index (χ0) is 24.0. The number of hydrogen-bond acceptors (Lipinski definition) is 3. The summed E-state index contributed by atoms with van der Waals surface area (Å²) in [6.07, 6.45) is 10.4. The van der Waals surface area contributed by atoms with Crippen LogP contribution in [0.5, 0.6) is 0 Å². The van der Waals surface area contributed by atoms with Gasteiger partial charge in [-0.1, -0.05) is 49.1 Å². The van der Waals surface area contributed by atoms with Crippen LogP contribution in [0.3, 0.4) is 0 Å². The topological polar surface area (TPSA) is 38.1 Å². The lowest BCUT2D eigenvalue weighted by Gasteiger charge is -2.34. The average Bonchev–Trinajstić information content (AvgIpc) is 3.13. The molecule has 0 unspecified atom stereocenters. The van der Waals surface area contributed by atoms with Gasteiger partial charge in [-0.2, -0.15) is 4.98 Å². The molecule has 3 aliphatic rings. The maximum atomic E-state index is 13.1. The Kier molecular flexibility index (Phi) is 6.41. The fourth-order valence-corrected chi connectivity index (χ4v) is 7.25. The summed E-state index contributed by atoms with van der Waals surface area (Å²) in [6.45, 7) is 3.49. The Morgan fingerprint density at radius 2 is 1.86 bits per heavy atom. The predicted octanol–water partition coefficient (Wildman–Crippen LogP) is 6.49. The fraction of sp³-hybridized carbons (Fsp3) is 0.517. The van der Waals surface area contributed by atoms with E-state index in [9.17, 15) is 4.79 Å². The summed E-state index contributed by atoms with van der Waals surface area (Å²) in [5, 5.41) is 1.01. The van der Waals surface area contributed by atoms with Crippen molar-refractivity contribution in [3.05, 3.63) is 68.7 Å². The lowest BCUT2D eigenvalue weighted by molar-refractivity contribution is 0.184. The van der Waals surface area contributed by atoms with Gasteiger partial charge >= 0.3 is 0 Å². The summed E-state index contributed by atoms with van der Waals surface area (Å²) in [6, 6.07) is 12.8. The molecule has 1 spiro atoms. The van der Waals surface area contributed by atoms with Gasteiger partial charge < -0.3 is 4.90 Å². The van der Waals surface area contributed by atoms with Crippen LogP contribution >= 0.6 is 23.2 Å². The minimum Gasteiger partial charge on any atom is -0.303 e. The van der Waals surface area contributed by atoms with Gasteiger partial charge in [-0.05, 0) is 93.4 Å². The highest BCUT2D eigenvalue weighted by molar-refractivity contribution is 6.35. The van der Waals surface area contributed by atoms with Crippen molar-refractivity contribution < 1.29 is 0 Å². The largest absolute Gasteiger partial charge is 0.303 e. The van der Waals surface area contributed by atoms with Gasteiger partial charge in [0.1, 0.15) is 5.82 Å². The van der Waals surface area contributed by atoms with Gasteiger partial charge in [-0.25, -0.2) is 0 Å². The van der Waals surface area contributed by atoms with E-state index < -0.39 is 0 Å². The molecule has 3 heterocycles. The summed E-state index contributed by atoms with van der Waals surface area (Å²) in [4.78, 5) is 20.4. The SMILES string of the molecule is O=c1nc2n(c3cccc(Cl)c13)-c1ccc(CC3CCN(CCCCl)CC3)cc1C21CCCCC1. The summed E-state index contributed by atoms with van der Waals surface area (Å²) < 4.78 is 2.24. The first-order chi connectivity index (χ1) is 17.1. The molecule has 0 N–H and O–H groups in total. The second-order valence-electron chi connectivity index (χ2n) is 10.7. The number of alkyl halides is 1. The summed E-state index contributed by atoms with van der Waals surface area (Å²) in [7, 11) is 0. The van der Waals surface area contributed by atoms with Gasteiger partial charge in [-0.3, -0.25) is 9.36 Å². The van der Waals surface area contributed by atoms with E-state index in [0.29, 0.717) is 10.4 Å². The molecule has 0 bridgehead atoms. The van der Waals surface area contributed by atoms with Gasteiger partial charge in [0.15, 0.2) is 0 Å². The van der Waals surface area contributed by atoms with Crippen molar-refractivity contribution >= 4 is 34.1 Å². The van der Waals surface area contributed by atoms with Gasteiger partial charge in [-0.15, -0.1) is 11.6 Å². The molecule has 3 aromatic rings. The van der Waals surface area contributed by atoms with Crippen LogP contribution in [-0.4, -0.2) is 40.0 Å². The molecule has 0 amide bonds. The standard InChI is InChI=1S/C29H33Cl2N3O/c30-14-5-15-33-16-10-20(11-17-33)18-21-8-9-24-22(19-21)29(12-2-1-3-13-29)28-32-27(35)26-23(31)6-4-7-25(26)34(24)28/h4,6-9,19-20H,1-3,5,10-18H2. The highest BCUT2D eigenvalue weighted by atomic mass is 35.5. The number of fused-ring (bicyclic) bond motifs is 7. The molecule has 0 atom stereocenters. The molecule has 1 saturated heterocycles. The molecule has 1 aromatic heterocycles. The molecule has 1 aliphatic carbocycles. The number of rotatable bonds is 5. The van der Waals surface area contributed by atoms with Crippen LogP contribution in [0, 0.1) is 5.92 Å². The molecule has 4 nitrogen and oxygen atoms in total. The number of benzene rings is 2. The van der Waals surface area contributed by atoms with E-state index in [-0.39, 0.29) is 11.0 Å². The van der Waals surface area contributed by atoms with Crippen LogP contribution < -0.4 is 5.56 Å². The van der Waals surface area contributed by atoms with Crippen LogP contribution in [0.25, 0.3) is 16.6 Å². The van der Waals surface area contributed by atoms with Crippen LogP contribution in [0.1, 0.15) is 68.3 Å². The lowest BCUT2D eigenvalue weighted by atomic mass is 9.69. The molecule has 184 valence electrons. The molecular formula is C29H33Cl2N3O.